The summed E-state index contributed by atoms with van der Waals surface area (Å²) in [5.41, 5.74) is 2.08. The Morgan fingerprint density at radius 3 is 2.47 bits per heavy atom. The van der Waals surface area contributed by atoms with Crippen LogP contribution in [0.4, 0.5) is 10.6 Å². The zero-order valence-electron chi connectivity index (χ0n) is 19.2. The maximum absolute atomic E-state index is 13.0. The standard InChI is InChI=1S/C25H34N4O3/c1-31-22-11-10-20(16-23(22)32-2)21-8-7-15-29(21)25(30)27-18-19-9-12-24(26-17-19)28-13-5-3-4-6-14-28/h9-12,16-17,21H,3-8,13-15,18H2,1-2H3,(H,27,30). The Balaban J connectivity index is 1.36. The van der Waals surface area contributed by atoms with Crippen LogP contribution in [0.15, 0.2) is 36.5 Å². The Hall–Kier alpha value is -2.96. The topological polar surface area (TPSA) is 66.9 Å². The van der Waals surface area contributed by atoms with Gasteiger partial charge in [-0.25, -0.2) is 9.78 Å². The third-order valence-corrected chi connectivity index (χ3v) is 6.49. The van der Waals surface area contributed by atoms with Crippen LogP contribution in [0, 0.1) is 0 Å². The number of hydrogen-bond donors (Lipinski definition) is 1. The van der Waals surface area contributed by atoms with Gasteiger partial charge < -0.3 is 24.6 Å². The quantitative estimate of drug-likeness (QED) is 0.718. The Labute approximate surface area is 190 Å². The maximum Gasteiger partial charge on any atom is 0.318 e. The van der Waals surface area contributed by atoms with Crippen LogP contribution in [0.5, 0.6) is 11.5 Å². The van der Waals surface area contributed by atoms with Crippen LogP contribution >= 0.6 is 0 Å². The van der Waals surface area contributed by atoms with Gasteiger partial charge in [0.1, 0.15) is 5.82 Å². The highest BCUT2D eigenvalue weighted by Crippen LogP contribution is 2.36. The molecule has 1 atom stereocenters. The summed E-state index contributed by atoms with van der Waals surface area (Å²) in [4.78, 5) is 21.9. The summed E-state index contributed by atoms with van der Waals surface area (Å²) < 4.78 is 10.8. The highest BCUT2D eigenvalue weighted by atomic mass is 16.5. The second kappa shape index (κ2) is 10.6. The molecule has 172 valence electrons. The smallest absolute Gasteiger partial charge is 0.318 e. The zero-order valence-corrected chi connectivity index (χ0v) is 19.2. The molecule has 1 aromatic heterocycles. The predicted molar refractivity (Wildman–Crippen MR) is 125 cm³/mol. The molecular weight excluding hydrogens is 404 g/mol. The Kier molecular flexibility index (Phi) is 7.35. The van der Waals surface area contributed by atoms with Gasteiger partial charge >= 0.3 is 6.03 Å². The molecule has 1 aromatic carbocycles. The minimum atomic E-state index is -0.0427. The van der Waals surface area contributed by atoms with Crippen molar-refractivity contribution in [1.82, 2.24) is 15.2 Å². The third-order valence-electron chi connectivity index (χ3n) is 6.49. The first-order chi connectivity index (χ1) is 15.7. The molecule has 4 rings (SSSR count). The van der Waals surface area contributed by atoms with Gasteiger partial charge in [0.15, 0.2) is 11.5 Å². The monoisotopic (exact) mass is 438 g/mol. The maximum atomic E-state index is 13.0. The Morgan fingerprint density at radius 2 is 1.78 bits per heavy atom. The van der Waals surface area contributed by atoms with E-state index >= 15 is 0 Å². The van der Waals surface area contributed by atoms with Crippen molar-refractivity contribution in [1.29, 1.82) is 0 Å². The minimum absolute atomic E-state index is 0.0401. The van der Waals surface area contributed by atoms with Gasteiger partial charge in [0.05, 0.1) is 20.3 Å². The van der Waals surface area contributed by atoms with E-state index in [1.54, 1.807) is 14.2 Å². The second-order valence-electron chi connectivity index (χ2n) is 8.55. The third kappa shape index (κ3) is 5.09. The van der Waals surface area contributed by atoms with Crippen molar-refractivity contribution in [3.8, 4) is 11.5 Å². The summed E-state index contributed by atoms with van der Waals surface area (Å²) in [6.07, 6.45) is 8.89. The van der Waals surface area contributed by atoms with Crippen LogP contribution in [0.1, 0.15) is 55.7 Å². The summed E-state index contributed by atoms with van der Waals surface area (Å²) in [5.74, 6) is 2.42. The van der Waals surface area contributed by atoms with Crippen LogP contribution in [0.25, 0.3) is 0 Å². The zero-order chi connectivity index (χ0) is 22.3. The number of pyridine rings is 1. The van der Waals surface area contributed by atoms with Gasteiger partial charge in [-0.1, -0.05) is 25.0 Å². The highest BCUT2D eigenvalue weighted by molar-refractivity contribution is 5.75. The Morgan fingerprint density at radius 1 is 1.00 bits per heavy atom. The van der Waals surface area contributed by atoms with Crippen molar-refractivity contribution in [3.63, 3.8) is 0 Å². The molecule has 1 N–H and O–H groups in total. The molecule has 0 radical (unpaired) electrons. The molecule has 2 aromatic rings. The molecule has 0 aliphatic carbocycles. The molecule has 2 fully saturated rings. The van der Waals surface area contributed by atoms with Crippen molar-refractivity contribution in [2.75, 3.05) is 38.8 Å². The van der Waals surface area contributed by atoms with Gasteiger partial charge in [0, 0.05) is 32.4 Å². The molecule has 2 aliphatic rings. The van der Waals surface area contributed by atoms with Crippen molar-refractivity contribution >= 4 is 11.8 Å². The van der Waals surface area contributed by atoms with Gasteiger partial charge in [0.2, 0.25) is 0 Å². The molecule has 7 nitrogen and oxygen atoms in total. The summed E-state index contributed by atoms with van der Waals surface area (Å²) in [6, 6.07) is 10.0. The van der Waals surface area contributed by atoms with Gasteiger partial charge in [-0.3, -0.25) is 0 Å². The molecule has 0 saturated carbocycles. The van der Waals surface area contributed by atoms with E-state index in [2.05, 4.69) is 27.3 Å². The highest BCUT2D eigenvalue weighted by Gasteiger charge is 2.30. The SMILES string of the molecule is COc1ccc(C2CCCN2C(=O)NCc2ccc(N3CCCCCC3)nc2)cc1OC. The van der Waals surface area contributed by atoms with Crippen LogP contribution in [0.2, 0.25) is 0 Å². The van der Waals surface area contributed by atoms with Crippen molar-refractivity contribution in [3.05, 3.63) is 47.7 Å². The number of nitrogens with one attached hydrogen (secondary N) is 1. The molecule has 0 bridgehead atoms. The number of likely N-dealkylation sites (tertiary alicyclic amines) is 1. The first kappa shape index (κ1) is 22.2. The number of methoxy groups -OCH3 is 2. The number of carbonyl (C=O) groups excluding carboxylic acids is 1. The number of amides is 2. The van der Waals surface area contributed by atoms with Crippen LogP contribution in [-0.2, 0) is 6.54 Å². The largest absolute Gasteiger partial charge is 0.493 e. The lowest BCUT2D eigenvalue weighted by Gasteiger charge is -2.26. The average Bonchev–Trinajstić information content (AvgIpc) is 3.17. The number of urea groups is 1. The number of rotatable bonds is 6. The molecule has 2 saturated heterocycles. The van der Waals surface area contributed by atoms with E-state index in [1.807, 2.05) is 29.3 Å². The summed E-state index contributed by atoms with van der Waals surface area (Å²) >= 11 is 0. The fourth-order valence-corrected chi connectivity index (χ4v) is 4.70. The number of aromatic nitrogens is 1. The van der Waals surface area contributed by atoms with Crippen LogP contribution < -0.4 is 19.7 Å². The minimum Gasteiger partial charge on any atom is -0.493 e. The lowest BCUT2D eigenvalue weighted by atomic mass is 10.0. The lowest BCUT2D eigenvalue weighted by molar-refractivity contribution is 0.192. The van der Waals surface area contributed by atoms with E-state index in [1.165, 1.54) is 25.7 Å². The van der Waals surface area contributed by atoms with Gasteiger partial charge in [-0.05, 0) is 55.0 Å². The fraction of sp³-hybridized carbons (Fsp3) is 0.520. The van der Waals surface area contributed by atoms with Gasteiger partial charge in [0.25, 0.3) is 0 Å². The number of anilines is 1. The molecule has 1 unspecified atom stereocenters. The number of hydrogen-bond acceptors (Lipinski definition) is 5. The lowest BCUT2D eigenvalue weighted by Crippen LogP contribution is -2.39. The van der Waals surface area contributed by atoms with Gasteiger partial charge in [-0.15, -0.1) is 0 Å². The number of carbonyl (C=O) groups is 1. The fourth-order valence-electron chi connectivity index (χ4n) is 4.70. The Bertz CT molecular complexity index is 895. The van der Waals surface area contributed by atoms with Crippen LogP contribution in [0.3, 0.4) is 0 Å². The summed E-state index contributed by atoms with van der Waals surface area (Å²) in [5, 5.41) is 3.08. The van der Waals surface area contributed by atoms with Crippen molar-refractivity contribution in [2.24, 2.45) is 0 Å². The van der Waals surface area contributed by atoms with E-state index in [9.17, 15) is 4.79 Å². The molecule has 3 heterocycles. The molecule has 2 aliphatic heterocycles. The molecule has 7 heteroatoms. The van der Waals surface area contributed by atoms with E-state index in [0.29, 0.717) is 18.0 Å². The number of nitrogens with zero attached hydrogens (tertiary/aromatic N) is 3. The van der Waals surface area contributed by atoms with Gasteiger partial charge in [-0.2, -0.15) is 0 Å². The first-order valence-corrected chi connectivity index (χ1v) is 11.7. The summed E-state index contributed by atoms with van der Waals surface area (Å²) in [7, 11) is 3.26. The molecule has 32 heavy (non-hydrogen) atoms. The van der Waals surface area contributed by atoms with E-state index in [-0.39, 0.29) is 12.1 Å². The molecular formula is C25H34N4O3. The molecule has 0 spiro atoms. The average molecular weight is 439 g/mol. The predicted octanol–water partition coefficient (Wildman–Crippen LogP) is 4.53. The van der Waals surface area contributed by atoms with E-state index in [4.69, 9.17) is 9.47 Å². The summed E-state index contributed by atoms with van der Waals surface area (Å²) in [6.45, 7) is 3.38. The molecule has 2 amide bonds. The first-order valence-electron chi connectivity index (χ1n) is 11.7. The number of ether oxygens (including phenoxy) is 2. The van der Waals surface area contributed by atoms with Crippen molar-refractivity contribution < 1.29 is 14.3 Å². The van der Waals surface area contributed by atoms with Crippen LogP contribution in [-0.4, -0.2) is 49.8 Å². The van der Waals surface area contributed by atoms with Crippen molar-refractivity contribution in [2.45, 2.75) is 51.1 Å². The van der Waals surface area contributed by atoms with E-state index < -0.39 is 0 Å². The number of benzene rings is 1. The second-order valence-corrected chi connectivity index (χ2v) is 8.55. The normalized spacial score (nSPS) is 18.9. The van der Waals surface area contributed by atoms with E-state index in [0.717, 1.165) is 49.4 Å².